The molecule has 320 valence electrons. The van der Waals surface area contributed by atoms with E-state index in [2.05, 4.69) is 24.1 Å². The van der Waals surface area contributed by atoms with Gasteiger partial charge in [0.15, 0.2) is 5.78 Å². The zero-order valence-electron chi connectivity index (χ0n) is 35.2. The number of nitrogens with one attached hydrogen (secondary N) is 1. The number of nitrogens with zero attached hydrogens (tertiary/aromatic N) is 1. The number of ketones is 1. The number of aliphatic hydroxyl groups excluding tert-OH is 2. The van der Waals surface area contributed by atoms with Crippen molar-refractivity contribution in [1.82, 2.24) is 10.2 Å². The van der Waals surface area contributed by atoms with Crippen LogP contribution in [-0.2, 0) is 23.8 Å². The van der Waals surface area contributed by atoms with Gasteiger partial charge in [0.05, 0.1) is 40.9 Å². The minimum Gasteiger partial charge on any atom is -0.387 e. The summed E-state index contributed by atoms with van der Waals surface area (Å²) in [5.41, 5.74) is -3.46. The first-order valence-electron chi connectivity index (χ1n) is 23.2. The fourth-order valence-corrected chi connectivity index (χ4v) is 15.9. The molecular weight excluding hydrogens is 737 g/mol. The van der Waals surface area contributed by atoms with Crippen molar-refractivity contribution in [3.63, 3.8) is 0 Å². The number of carbonyl (C=O) groups excluding carboxylic acids is 2. The third-order valence-corrected chi connectivity index (χ3v) is 18.9. The van der Waals surface area contributed by atoms with E-state index in [1.54, 1.807) is 14.0 Å². The van der Waals surface area contributed by atoms with E-state index in [9.17, 15) is 25.2 Å². The van der Waals surface area contributed by atoms with Gasteiger partial charge in [0.25, 0.3) is 0 Å². The monoisotopic (exact) mass is 804 g/mol. The van der Waals surface area contributed by atoms with E-state index in [4.69, 9.17) is 14.2 Å². The summed E-state index contributed by atoms with van der Waals surface area (Å²) in [5, 5.41) is 54.8. The Labute approximate surface area is 344 Å². The average molecular weight is 805 g/mol. The van der Waals surface area contributed by atoms with E-state index < -0.39 is 63.9 Å². The standard InChI is InChI=1S/C47H68N2O9/c1-26-32-24-34-42(53)49-25-29(49)12-8-16-45-18-19-46(27-10-6-5-7-11-27)35(44(3,54)40(51)37(26)58-38(32)41(52)48-34)22-28-13-14-31(39(45)47(28,46)55)36(50)33-23-30(15-17-43(33,45)2)57-21-9-20-56-4/h26-30,32-35,37-38,40-41,48,51-52,54-55H,5-7,9-15,17-25H2,1-4H3/t26-,28+,29+,30+,32-,33+,34+,35-,37+,38+,40-,41-,43+,44+,45+,46+,47-,49?/m1/s1. The van der Waals surface area contributed by atoms with Gasteiger partial charge in [-0.2, -0.15) is 0 Å². The van der Waals surface area contributed by atoms with Crippen molar-refractivity contribution in [2.45, 2.75) is 177 Å². The second kappa shape index (κ2) is 14.1. The first-order valence-corrected chi connectivity index (χ1v) is 23.2. The molecule has 6 aliphatic carbocycles. The number of fused-ring (bicyclic) bond motifs is 4. The molecular formula is C47H68N2O9. The highest BCUT2D eigenvalue weighted by atomic mass is 16.5. The Bertz CT molecular complexity index is 1780. The Kier molecular flexibility index (Phi) is 9.75. The molecule has 11 heteroatoms. The van der Waals surface area contributed by atoms with E-state index >= 15 is 4.79 Å². The van der Waals surface area contributed by atoms with Crippen molar-refractivity contribution in [3.05, 3.63) is 11.1 Å². The molecule has 0 aromatic carbocycles. The highest BCUT2D eigenvalue weighted by Crippen LogP contribution is 2.79. The Morgan fingerprint density at radius 2 is 1.74 bits per heavy atom. The molecule has 7 fully saturated rings. The van der Waals surface area contributed by atoms with E-state index in [1.807, 2.05) is 11.8 Å². The molecule has 3 saturated heterocycles. The van der Waals surface area contributed by atoms with Gasteiger partial charge in [-0.15, -0.1) is 5.92 Å². The largest absolute Gasteiger partial charge is 0.387 e. The first-order chi connectivity index (χ1) is 27.7. The third-order valence-electron chi connectivity index (χ3n) is 18.9. The van der Waals surface area contributed by atoms with Crippen LogP contribution >= 0.6 is 0 Å². The normalized spacial score (nSPS) is 52.2. The smallest absolute Gasteiger partial charge is 0.240 e. The molecule has 4 saturated carbocycles. The maximum Gasteiger partial charge on any atom is 0.240 e. The summed E-state index contributed by atoms with van der Waals surface area (Å²) in [4.78, 5) is 31.2. The number of piperidine rings is 1. The second-order valence-corrected chi connectivity index (χ2v) is 21.2. The number of methoxy groups -OCH3 is 1. The van der Waals surface area contributed by atoms with E-state index in [-0.39, 0.29) is 53.4 Å². The number of allylic oxidation sites excluding steroid dienone is 1. The van der Waals surface area contributed by atoms with Gasteiger partial charge in [0, 0.05) is 44.6 Å². The van der Waals surface area contributed by atoms with Crippen LogP contribution in [-0.4, -0.2) is 118 Å². The topological polar surface area (TPSA) is 158 Å². The third kappa shape index (κ3) is 5.34. The average Bonchev–Trinajstić information content (AvgIpc) is 3.83. The van der Waals surface area contributed by atoms with Gasteiger partial charge in [-0.05, 0) is 130 Å². The molecule has 0 radical (unpaired) electrons. The molecule has 1 spiro atoms. The van der Waals surface area contributed by atoms with Gasteiger partial charge in [-0.3, -0.25) is 14.9 Å². The summed E-state index contributed by atoms with van der Waals surface area (Å²) in [7, 11) is 1.70. The van der Waals surface area contributed by atoms with Crippen molar-refractivity contribution in [1.29, 1.82) is 0 Å². The lowest BCUT2D eigenvalue weighted by Crippen LogP contribution is -2.71. The summed E-state index contributed by atoms with van der Waals surface area (Å²) in [6.07, 6.45) is 8.45. The van der Waals surface area contributed by atoms with Crippen molar-refractivity contribution in [3.8, 4) is 11.8 Å². The van der Waals surface area contributed by atoms with Crippen LogP contribution in [0.25, 0.3) is 0 Å². The van der Waals surface area contributed by atoms with Crippen molar-refractivity contribution >= 4 is 11.7 Å². The molecule has 0 unspecified atom stereocenters. The molecule has 0 aromatic rings. The van der Waals surface area contributed by atoms with E-state index in [1.165, 1.54) is 0 Å². The number of hydrogen-bond acceptors (Lipinski definition) is 10. The highest BCUT2D eigenvalue weighted by molar-refractivity contribution is 6.01. The quantitative estimate of drug-likeness (QED) is 0.151. The van der Waals surface area contributed by atoms with Crippen LogP contribution in [0.15, 0.2) is 11.1 Å². The Balaban J connectivity index is 1.14. The second-order valence-electron chi connectivity index (χ2n) is 21.2. The fraction of sp³-hybridized carbons (Fsp3) is 0.872. The Hall–Kier alpha value is -1.88. The number of aliphatic hydroxyl groups is 4. The Morgan fingerprint density at radius 1 is 0.948 bits per heavy atom. The molecule has 5 heterocycles. The summed E-state index contributed by atoms with van der Waals surface area (Å²) in [6, 6.07) is -0.609. The number of hydrogen-bond donors (Lipinski definition) is 5. The van der Waals surface area contributed by atoms with Gasteiger partial charge < -0.3 is 39.5 Å². The van der Waals surface area contributed by atoms with Crippen molar-refractivity contribution in [2.75, 3.05) is 26.9 Å². The van der Waals surface area contributed by atoms with Gasteiger partial charge >= 0.3 is 0 Å². The zero-order valence-corrected chi connectivity index (χ0v) is 35.2. The van der Waals surface area contributed by atoms with Crippen LogP contribution in [0.1, 0.15) is 124 Å². The maximum absolute atomic E-state index is 15.3. The minimum absolute atomic E-state index is 0.0321. The molecule has 5 N–H and O–H groups in total. The van der Waals surface area contributed by atoms with Gasteiger partial charge in [0.1, 0.15) is 18.4 Å². The van der Waals surface area contributed by atoms with Gasteiger partial charge in [-0.1, -0.05) is 39.0 Å². The SMILES string of the molecule is COCCCO[C@H]1CC[C@@]2(C)[C@@H](C1)C(=O)C1=C3[C@@]24C#CC[C@H]2CN2C(=O)[C@@H]2C[C@@H]5[C@@H](C)[C@H](O[C@@H]5[C@@H](O)N2)[C@@H](O)[C@@](C)(O)[C@H]2C[C@H](CC1)[C@]3(O)[C@]2(C1CCCCC1)CC4. The molecule has 11 rings (SSSR count). The number of ether oxygens (including phenoxy) is 3. The molecule has 17 atom stereocenters. The molecule has 0 aromatic heterocycles. The van der Waals surface area contributed by atoms with Crippen LogP contribution in [0, 0.1) is 63.6 Å². The molecule has 7 bridgehead atoms. The first kappa shape index (κ1) is 40.2. The molecule has 11 nitrogen and oxygen atoms in total. The Morgan fingerprint density at radius 3 is 2.52 bits per heavy atom. The van der Waals surface area contributed by atoms with Gasteiger partial charge in [-0.25, -0.2) is 0 Å². The fourth-order valence-electron chi connectivity index (χ4n) is 15.9. The number of amides is 1. The maximum atomic E-state index is 15.3. The predicted molar refractivity (Wildman–Crippen MR) is 214 cm³/mol. The summed E-state index contributed by atoms with van der Waals surface area (Å²) in [6.45, 7) is 7.91. The number of carbonyl (C=O) groups is 2. The van der Waals surface area contributed by atoms with Crippen LogP contribution < -0.4 is 5.32 Å². The van der Waals surface area contributed by atoms with E-state index in [0.717, 1.165) is 62.5 Å². The summed E-state index contributed by atoms with van der Waals surface area (Å²) < 4.78 is 18.3. The number of Topliss-reactive ketones (excluding diaryl/α,β-unsaturated/α-hetero) is 1. The highest BCUT2D eigenvalue weighted by Gasteiger charge is 2.80. The summed E-state index contributed by atoms with van der Waals surface area (Å²) in [5.74, 6) is 6.47. The van der Waals surface area contributed by atoms with Crippen LogP contribution in [0.5, 0.6) is 0 Å². The van der Waals surface area contributed by atoms with Crippen LogP contribution in [0.4, 0.5) is 0 Å². The lowest BCUT2D eigenvalue weighted by atomic mass is 9.35. The molecule has 58 heavy (non-hydrogen) atoms. The predicted octanol–water partition coefficient (Wildman–Crippen LogP) is 4.03. The molecule has 1 amide bonds. The summed E-state index contributed by atoms with van der Waals surface area (Å²) >= 11 is 0. The van der Waals surface area contributed by atoms with Gasteiger partial charge in [0.2, 0.25) is 5.91 Å². The van der Waals surface area contributed by atoms with Crippen LogP contribution in [0.3, 0.4) is 0 Å². The van der Waals surface area contributed by atoms with Crippen LogP contribution in [0.2, 0.25) is 0 Å². The van der Waals surface area contributed by atoms with E-state index in [0.29, 0.717) is 71.1 Å². The molecule has 11 aliphatic rings. The zero-order chi connectivity index (χ0) is 40.6. The van der Waals surface area contributed by atoms with Crippen molar-refractivity contribution < 1.29 is 44.2 Å². The molecule has 5 aliphatic heterocycles. The lowest BCUT2D eigenvalue weighted by molar-refractivity contribution is -0.229. The van der Waals surface area contributed by atoms with Crippen molar-refractivity contribution in [2.24, 2.45) is 51.8 Å². The lowest BCUT2D eigenvalue weighted by Gasteiger charge is -2.69. The minimum atomic E-state index is -1.65. The number of rotatable bonds is 6.